The Kier molecular flexibility index (Phi) is 4.11. The van der Waals surface area contributed by atoms with Gasteiger partial charge < -0.3 is 10.6 Å². The van der Waals surface area contributed by atoms with Gasteiger partial charge in [-0.15, -0.1) is 0 Å². The number of nitrogens with zero attached hydrogens (tertiary/aromatic N) is 3. The van der Waals surface area contributed by atoms with Crippen molar-refractivity contribution in [2.24, 2.45) is 5.73 Å². The third-order valence-electron chi connectivity index (χ3n) is 3.24. The summed E-state index contributed by atoms with van der Waals surface area (Å²) in [4.78, 5) is 15.0. The van der Waals surface area contributed by atoms with Gasteiger partial charge in [-0.25, -0.2) is 0 Å². The molecular weight excluding hydrogens is 232 g/mol. The van der Waals surface area contributed by atoms with Crippen LogP contribution >= 0.6 is 0 Å². The van der Waals surface area contributed by atoms with Crippen molar-refractivity contribution in [1.82, 2.24) is 4.90 Å². The van der Waals surface area contributed by atoms with Crippen molar-refractivity contribution in [1.29, 1.82) is 0 Å². The van der Waals surface area contributed by atoms with Crippen molar-refractivity contribution < 1.29 is 4.92 Å². The van der Waals surface area contributed by atoms with Crippen LogP contribution in [0.3, 0.4) is 0 Å². The van der Waals surface area contributed by atoms with Crippen LogP contribution in [-0.2, 0) is 0 Å². The number of rotatable bonds is 4. The minimum Gasteiger partial charge on any atom is -0.363 e. The van der Waals surface area contributed by atoms with Crippen LogP contribution in [0.4, 0.5) is 11.4 Å². The maximum atomic E-state index is 11.0. The first-order chi connectivity index (χ1) is 8.72. The largest absolute Gasteiger partial charge is 0.363 e. The highest BCUT2D eigenvalue weighted by atomic mass is 16.6. The molecule has 1 aromatic carbocycles. The number of nitro benzene ring substituents is 1. The van der Waals surface area contributed by atoms with E-state index < -0.39 is 0 Å². The molecule has 2 rings (SSSR count). The molecule has 18 heavy (non-hydrogen) atoms. The lowest BCUT2D eigenvalue weighted by atomic mass is 10.2. The van der Waals surface area contributed by atoms with E-state index in [-0.39, 0.29) is 10.6 Å². The van der Waals surface area contributed by atoms with E-state index in [0.717, 1.165) is 38.4 Å². The van der Waals surface area contributed by atoms with Gasteiger partial charge in [-0.2, -0.15) is 0 Å². The molecule has 0 aliphatic carbocycles. The predicted octanol–water partition coefficient (Wildman–Crippen LogP) is 0.675. The Morgan fingerprint density at radius 2 is 1.89 bits per heavy atom. The molecule has 1 aromatic rings. The van der Waals surface area contributed by atoms with Crippen molar-refractivity contribution in [3.8, 4) is 0 Å². The van der Waals surface area contributed by atoms with Gasteiger partial charge in [0.15, 0.2) is 0 Å². The summed E-state index contributed by atoms with van der Waals surface area (Å²) in [7, 11) is 0. The van der Waals surface area contributed by atoms with E-state index in [4.69, 9.17) is 5.73 Å². The van der Waals surface area contributed by atoms with Gasteiger partial charge in [-0.05, 0) is 6.07 Å². The van der Waals surface area contributed by atoms with E-state index in [9.17, 15) is 10.1 Å². The third-order valence-corrected chi connectivity index (χ3v) is 3.24. The zero-order valence-electron chi connectivity index (χ0n) is 10.3. The molecule has 6 nitrogen and oxygen atoms in total. The molecule has 2 N–H and O–H groups in total. The minimum atomic E-state index is -0.318. The van der Waals surface area contributed by atoms with Crippen molar-refractivity contribution in [3.63, 3.8) is 0 Å². The number of piperazine rings is 1. The maximum absolute atomic E-state index is 11.0. The fraction of sp³-hybridized carbons (Fsp3) is 0.500. The van der Waals surface area contributed by atoms with E-state index in [1.807, 2.05) is 12.1 Å². The van der Waals surface area contributed by atoms with Crippen molar-refractivity contribution in [2.75, 3.05) is 44.2 Å². The van der Waals surface area contributed by atoms with E-state index in [1.54, 1.807) is 12.1 Å². The minimum absolute atomic E-state index is 0.185. The first-order valence-electron chi connectivity index (χ1n) is 6.13. The van der Waals surface area contributed by atoms with Crippen molar-refractivity contribution >= 4 is 11.4 Å². The molecule has 0 aromatic heterocycles. The lowest BCUT2D eigenvalue weighted by Gasteiger charge is -2.35. The monoisotopic (exact) mass is 250 g/mol. The zero-order valence-corrected chi connectivity index (χ0v) is 10.3. The Bertz CT molecular complexity index is 416. The van der Waals surface area contributed by atoms with Crippen LogP contribution in [0.15, 0.2) is 24.3 Å². The van der Waals surface area contributed by atoms with Crippen LogP contribution in [0, 0.1) is 10.1 Å². The Hall–Kier alpha value is -1.66. The summed E-state index contributed by atoms with van der Waals surface area (Å²) in [6, 6.07) is 6.92. The summed E-state index contributed by atoms with van der Waals surface area (Å²) in [6.07, 6.45) is 0. The average molecular weight is 250 g/mol. The molecule has 0 atom stereocenters. The zero-order chi connectivity index (χ0) is 13.0. The van der Waals surface area contributed by atoms with Crippen molar-refractivity contribution in [2.45, 2.75) is 0 Å². The molecule has 0 amide bonds. The predicted molar refractivity (Wildman–Crippen MR) is 70.8 cm³/mol. The highest BCUT2D eigenvalue weighted by Crippen LogP contribution is 2.28. The summed E-state index contributed by atoms with van der Waals surface area (Å²) in [5, 5.41) is 11.0. The number of hydrogen-bond acceptors (Lipinski definition) is 5. The second-order valence-electron chi connectivity index (χ2n) is 4.36. The smallest absolute Gasteiger partial charge is 0.292 e. The fourth-order valence-corrected chi connectivity index (χ4v) is 2.28. The van der Waals surface area contributed by atoms with Gasteiger partial charge in [-0.3, -0.25) is 15.0 Å². The summed E-state index contributed by atoms with van der Waals surface area (Å²) in [5.41, 5.74) is 6.43. The van der Waals surface area contributed by atoms with E-state index >= 15 is 0 Å². The number of para-hydroxylation sites is 2. The first kappa shape index (κ1) is 12.8. The van der Waals surface area contributed by atoms with Gasteiger partial charge in [-0.1, -0.05) is 12.1 Å². The Balaban J connectivity index is 2.07. The average Bonchev–Trinajstić information content (AvgIpc) is 2.40. The molecule has 0 spiro atoms. The van der Waals surface area contributed by atoms with E-state index in [1.165, 1.54) is 0 Å². The SMILES string of the molecule is NCCN1CCN(c2ccccc2[N+](=O)[O-])CC1. The lowest BCUT2D eigenvalue weighted by Crippen LogP contribution is -2.47. The fourth-order valence-electron chi connectivity index (χ4n) is 2.28. The van der Waals surface area contributed by atoms with Crippen LogP contribution in [0.2, 0.25) is 0 Å². The molecule has 0 unspecified atom stereocenters. The maximum Gasteiger partial charge on any atom is 0.292 e. The van der Waals surface area contributed by atoms with Gasteiger partial charge >= 0.3 is 0 Å². The summed E-state index contributed by atoms with van der Waals surface area (Å²) < 4.78 is 0. The topological polar surface area (TPSA) is 75.6 Å². The molecule has 0 bridgehead atoms. The second kappa shape index (κ2) is 5.79. The molecule has 1 fully saturated rings. The first-order valence-corrected chi connectivity index (χ1v) is 6.13. The van der Waals surface area contributed by atoms with Crippen LogP contribution in [0.1, 0.15) is 0 Å². The lowest BCUT2D eigenvalue weighted by molar-refractivity contribution is -0.384. The Morgan fingerprint density at radius 3 is 2.50 bits per heavy atom. The van der Waals surface area contributed by atoms with E-state index in [2.05, 4.69) is 9.80 Å². The molecule has 98 valence electrons. The normalized spacial score (nSPS) is 16.8. The molecule has 1 aliphatic heterocycles. The number of benzene rings is 1. The number of hydrogen-bond donors (Lipinski definition) is 1. The van der Waals surface area contributed by atoms with Gasteiger partial charge in [0.2, 0.25) is 0 Å². The summed E-state index contributed by atoms with van der Waals surface area (Å²) >= 11 is 0. The number of nitro groups is 1. The molecule has 1 heterocycles. The third kappa shape index (κ3) is 2.77. The van der Waals surface area contributed by atoms with Gasteiger partial charge in [0.05, 0.1) is 4.92 Å². The molecular formula is C12H18N4O2. The Morgan fingerprint density at radius 1 is 1.22 bits per heavy atom. The molecule has 0 radical (unpaired) electrons. The van der Waals surface area contributed by atoms with Crippen LogP contribution in [0.5, 0.6) is 0 Å². The highest BCUT2D eigenvalue weighted by Gasteiger charge is 2.22. The van der Waals surface area contributed by atoms with Crippen LogP contribution in [0.25, 0.3) is 0 Å². The number of anilines is 1. The molecule has 6 heteroatoms. The second-order valence-corrected chi connectivity index (χ2v) is 4.36. The molecule has 1 saturated heterocycles. The molecule has 1 aliphatic rings. The van der Waals surface area contributed by atoms with E-state index in [0.29, 0.717) is 6.54 Å². The summed E-state index contributed by atoms with van der Waals surface area (Å²) in [6.45, 7) is 4.98. The van der Waals surface area contributed by atoms with Gasteiger partial charge in [0, 0.05) is 45.3 Å². The van der Waals surface area contributed by atoms with Gasteiger partial charge in [0.1, 0.15) is 5.69 Å². The highest BCUT2D eigenvalue weighted by molar-refractivity contribution is 5.63. The van der Waals surface area contributed by atoms with Crippen LogP contribution in [-0.4, -0.2) is 49.1 Å². The van der Waals surface area contributed by atoms with Crippen molar-refractivity contribution in [3.05, 3.63) is 34.4 Å². The molecule has 0 saturated carbocycles. The quantitative estimate of drug-likeness (QED) is 0.628. The number of nitrogens with two attached hydrogens (primary N) is 1. The Labute approximate surface area is 106 Å². The van der Waals surface area contributed by atoms with Gasteiger partial charge in [0.25, 0.3) is 5.69 Å². The summed E-state index contributed by atoms with van der Waals surface area (Å²) in [5.74, 6) is 0. The standard InChI is InChI=1S/C12H18N4O2/c13-5-6-14-7-9-15(10-8-14)11-3-1-2-4-12(11)16(17)18/h1-4H,5-10,13H2. The van der Waals surface area contributed by atoms with Crippen LogP contribution < -0.4 is 10.6 Å².